The first-order valence-corrected chi connectivity index (χ1v) is 14.0. The topological polar surface area (TPSA) is 159 Å². The van der Waals surface area contributed by atoms with Crippen LogP contribution in [0.4, 0.5) is 0 Å². The fourth-order valence-electron chi connectivity index (χ4n) is 5.98. The Labute approximate surface area is 235 Å². The summed E-state index contributed by atoms with van der Waals surface area (Å²) < 4.78 is 17.5. The summed E-state index contributed by atoms with van der Waals surface area (Å²) in [5, 5.41) is 52.3. The van der Waals surface area contributed by atoms with E-state index in [4.69, 9.17) is 14.2 Å². The van der Waals surface area contributed by atoms with E-state index in [9.17, 15) is 20.4 Å². The molecule has 11 heteroatoms. The summed E-state index contributed by atoms with van der Waals surface area (Å²) in [6.45, 7) is 9.97. The van der Waals surface area contributed by atoms with Crippen LogP contribution < -0.4 is 5.32 Å². The third-order valence-corrected chi connectivity index (χ3v) is 7.88. The second-order valence-electron chi connectivity index (χ2n) is 12.3. The number of fused-ring (bicyclic) bond motifs is 1. The van der Waals surface area contributed by atoms with E-state index in [-0.39, 0.29) is 11.0 Å². The molecular weight excluding hydrogens is 516 g/mol. The minimum absolute atomic E-state index is 0.0608. The van der Waals surface area contributed by atoms with Crippen LogP contribution in [0, 0.1) is 17.3 Å². The highest BCUT2D eigenvalue weighted by atomic mass is 16.7. The van der Waals surface area contributed by atoms with Gasteiger partial charge in [0.05, 0.1) is 73.2 Å². The molecule has 6 atom stereocenters. The zero-order valence-electron chi connectivity index (χ0n) is 23.9. The first-order chi connectivity index (χ1) is 18.9. The predicted molar refractivity (Wildman–Crippen MR) is 145 cm³/mol. The molecule has 0 aromatic carbocycles. The van der Waals surface area contributed by atoms with Crippen LogP contribution in [-0.2, 0) is 33.8 Å². The lowest BCUT2D eigenvalue weighted by Crippen LogP contribution is -2.67. The summed E-state index contributed by atoms with van der Waals surface area (Å²) in [4.78, 5) is 4.24. The Kier molecular flexibility index (Phi) is 9.90. The minimum Gasteiger partial charge on any atom is -0.396 e. The highest BCUT2D eigenvalue weighted by molar-refractivity contribution is 5.11. The number of hydrogen-bond acceptors (Lipinski definition) is 11. The summed E-state index contributed by atoms with van der Waals surface area (Å²) in [7, 11) is 0. The van der Waals surface area contributed by atoms with E-state index in [0.29, 0.717) is 32.8 Å². The van der Waals surface area contributed by atoms with Gasteiger partial charge in [-0.05, 0) is 62.9 Å². The fourth-order valence-corrected chi connectivity index (χ4v) is 5.98. The Bertz CT molecular complexity index is 1070. The van der Waals surface area contributed by atoms with Crippen LogP contribution in [0.5, 0.6) is 0 Å². The number of aliphatic hydroxyl groups excluding tert-OH is 3. The van der Waals surface area contributed by atoms with Crippen molar-refractivity contribution in [3.63, 3.8) is 0 Å². The Morgan fingerprint density at radius 3 is 2.40 bits per heavy atom. The van der Waals surface area contributed by atoms with Crippen molar-refractivity contribution in [2.75, 3.05) is 19.8 Å². The second kappa shape index (κ2) is 12.8. The molecule has 3 heterocycles. The molecule has 0 radical (unpaired) electrons. The van der Waals surface area contributed by atoms with Crippen LogP contribution >= 0.6 is 0 Å². The largest absolute Gasteiger partial charge is 0.396 e. The summed E-state index contributed by atoms with van der Waals surface area (Å²) in [5.41, 5.74) is 2.08. The molecule has 5 N–H and O–H groups in total. The normalized spacial score (nSPS) is 28.4. The number of nitrogens with zero attached hydrogens (tertiary/aromatic N) is 3. The van der Waals surface area contributed by atoms with Gasteiger partial charge in [-0.15, -0.1) is 0 Å². The van der Waals surface area contributed by atoms with E-state index >= 15 is 0 Å². The molecule has 1 saturated heterocycles. The Balaban J connectivity index is 1.14. The lowest BCUT2D eigenvalue weighted by molar-refractivity contribution is -0.387. The van der Waals surface area contributed by atoms with E-state index in [2.05, 4.69) is 48.2 Å². The van der Waals surface area contributed by atoms with Gasteiger partial charge in [-0.1, -0.05) is 19.9 Å². The van der Waals surface area contributed by atoms with Crippen molar-refractivity contribution >= 4 is 0 Å². The molecule has 1 aliphatic heterocycles. The average Bonchev–Trinajstić information content (AvgIpc) is 3.03. The van der Waals surface area contributed by atoms with Crippen molar-refractivity contribution in [2.24, 2.45) is 17.3 Å². The van der Waals surface area contributed by atoms with Crippen LogP contribution in [0.2, 0.25) is 0 Å². The van der Waals surface area contributed by atoms with Gasteiger partial charge < -0.3 is 34.6 Å². The van der Waals surface area contributed by atoms with E-state index in [1.165, 1.54) is 0 Å². The lowest BCUT2D eigenvalue weighted by atomic mass is 9.79. The van der Waals surface area contributed by atoms with Gasteiger partial charge in [0, 0.05) is 12.6 Å². The number of rotatable bonds is 15. The second-order valence-corrected chi connectivity index (χ2v) is 12.3. The standard InChI is InChI=1S/C29H44N4O7/c1-27(2,11-13-31-26-23-25(36)24(35)22(15-34)29(23,37)40-26)18-28(3,4)39-14-10-19-8-9-21(33-32-19)17-38-16-20-7-5-6-12-30-20/h5-9,12,22-26,31,34-37H,10-11,13-18H2,1-4H3. The zero-order valence-corrected chi connectivity index (χ0v) is 23.9. The molecule has 40 heavy (non-hydrogen) atoms. The Morgan fingerprint density at radius 1 is 1.00 bits per heavy atom. The molecule has 1 saturated carbocycles. The summed E-state index contributed by atoms with van der Waals surface area (Å²) in [5.74, 6) is -3.30. The smallest absolute Gasteiger partial charge is 0.184 e. The average molecular weight is 561 g/mol. The first-order valence-electron chi connectivity index (χ1n) is 14.0. The summed E-state index contributed by atoms with van der Waals surface area (Å²) >= 11 is 0. The summed E-state index contributed by atoms with van der Waals surface area (Å²) in [6.07, 6.45) is 1.06. The van der Waals surface area contributed by atoms with Crippen LogP contribution in [0.15, 0.2) is 36.5 Å². The van der Waals surface area contributed by atoms with Gasteiger partial charge in [0.25, 0.3) is 0 Å². The van der Waals surface area contributed by atoms with Gasteiger partial charge in [-0.25, -0.2) is 0 Å². The Hall–Kier alpha value is -2.09. The molecule has 2 aromatic rings. The van der Waals surface area contributed by atoms with Crippen LogP contribution in [0.3, 0.4) is 0 Å². The van der Waals surface area contributed by atoms with Gasteiger partial charge in [0.1, 0.15) is 6.23 Å². The molecule has 2 aromatic heterocycles. The predicted octanol–water partition coefficient (Wildman–Crippen LogP) is 1.33. The first kappa shape index (κ1) is 30.9. The number of ether oxygens (including phenoxy) is 3. The van der Waals surface area contributed by atoms with Crippen molar-refractivity contribution in [2.45, 2.75) is 90.0 Å². The molecule has 2 aliphatic rings. The molecule has 0 spiro atoms. The Morgan fingerprint density at radius 2 is 1.73 bits per heavy atom. The third kappa shape index (κ3) is 7.40. The molecule has 2 fully saturated rings. The monoisotopic (exact) mass is 560 g/mol. The van der Waals surface area contributed by atoms with E-state index < -0.39 is 42.7 Å². The van der Waals surface area contributed by atoms with Gasteiger partial charge in [0.15, 0.2) is 5.79 Å². The number of nitrogens with one attached hydrogen (secondary N) is 1. The third-order valence-electron chi connectivity index (χ3n) is 7.88. The SMILES string of the molecule is CC(C)(CCNC1OC2(O)C(CO)C(O)C(O)C12)CC(C)(C)OCCc1ccc(COCc2ccccn2)nn1. The van der Waals surface area contributed by atoms with E-state index in [1.54, 1.807) is 6.20 Å². The molecule has 0 amide bonds. The minimum atomic E-state index is -1.70. The fraction of sp³-hybridized carbons (Fsp3) is 0.690. The van der Waals surface area contributed by atoms with E-state index in [1.807, 2.05) is 30.3 Å². The lowest BCUT2D eigenvalue weighted by Gasteiger charge is -2.50. The maximum atomic E-state index is 10.6. The van der Waals surface area contributed by atoms with Crippen LogP contribution in [-0.4, -0.2) is 85.2 Å². The van der Waals surface area contributed by atoms with Gasteiger partial charge >= 0.3 is 0 Å². The zero-order chi connectivity index (χ0) is 29.0. The maximum absolute atomic E-state index is 10.6. The number of hydrogen-bond donors (Lipinski definition) is 5. The van der Waals surface area contributed by atoms with Crippen molar-refractivity contribution in [3.05, 3.63) is 53.6 Å². The van der Waals surface area contributed by atoms with Crippen LogP contribution in [0.1, 0.15) is 57.6 Å². The van der Waals surface area contributed by atoms with Gasteiger partial charge in [0.2, 0.25) is 0 Å². The number of pyridine rings is 1. The van der Waals surface area contributed by atoms with Crippen molar-refractivity contribution < 1.29 is 34.6 Å². The molecule has 222 valence electrons. The quantitative estimate of drug-likeness (QED) is 0.214. The maximum Gasteiger partial charge on any atom is 0.184 e. The van der Waals surface area contributed by atoms with E-state index in [0.717, 1.165) is 29.9 Å². The number of aromatic nitrogens is 3. The van der Waals surface area contributed by atoms with Crippen molar-refractivity contribution in [3.8, 4) is 0 Å². The highest BCUT2D eigenvalue weighted by Gasteiger charge is 2.70. The summed E-state index contributed by atoms with van der Waals surface area (Å²) in [6, 6.07) is 9.59. The molecular formula is C29H44N4O7. The van der Waals surface area contributed by atoms with Crippen molar-refractivity contribution in [1.29, 1.82) is 0 Å². The van der Waals surface area contributed by atoms with Gasteiger partial charge in [-0.2, -0.15) is 10.2 Å². The molecule has 4 rings (SSSR count). The molecule has 11 nitrogen and oxygen atoms in total. The van der Waals surface area contributed by atoms with Gasteiger partial charge in [-0.3, -0.25) is 10.3 Å². The van der Waals surface area contributed by atoms with Crippen molar-refractivity contribution in [1.82, 2.24) is 20.5 Å². The molecule has 0 bridgehead atoms. The molecule has 1 aliphatic carbocycles. The van der Waals surface area contributed by atoms with Crippen LogP contribution in [0.25, 0.3) is 0 Å². The highest BCUT2D eigenvalue weighted by Crippen LogP contribution is 2.51. The number of aliphatic hydroxyl groups is 4. The molecule has 6 unspecified atom stereocenters.